The molecule has 0 unspecified atom stereocenters. The average molecular weight is 202 g/mol. The van der Waals surface area contributed by atoms with Gasteiger partial charge in [0.15, 0.2) is 0 Å². The second-order valence-corrected chi connectivity index (χ2v) is 3.05. The van der Waals surface area contributed by atoms with Crippen LogP contribution in [0.5, 0.6) is 0 Å². The van der Waals surface area contributed by atoms with Crippen LogP contribution in [0.2, 0.25) is 0 Å². The topological polar surface area (TPSA) is 15.3 Å². The molecule has 0 spiro atoms. The van der Waals surface area contributed by atoms with Crippen LogP contribution in [-0.2, 0) is 0 Å². The Hall–Kier alpha value is -0.920. The number of hydrogen-bond acceptors (Lipinski definition) is 2. The Morgan fingerprint density at radius 1 is 1.64 bits per heavy atom. The molecule has 0 aromatic rings. The van der Waals surface area contributed by atoms with Gasteiger partial charge in [0, 0.05) is 6.54 Å². The molecule has 0 aliphatic rings. The fraction of sp³-hybridized carbons (Fsp3) is 0.600. The number of halogens is 2. The molecule has 0 saturated heterocycles. The summed E-state index contributed by atoms with van der Waals surface area (Å²) in [5, 5.41) is 2.44. The van der Waals surface area contributed by atoms with Crippen molar-refractivity contribution >= 4 is 0 Å². The van der Waals surface area contributed by atoms with Gasteiger partial charge in [0.25, 0.3) is 5.92 Å². The standard InChI is InChI=1S/C10H16F2N2/c1-4-6-14(7-5-2)9-10(11,12)8-13-3/h1,5,13H,2,6-9H2,3H3. The Labute approximate surface area is 84.0 Å². The number of rotatable bonds is 7. The van der Waals surface area contributed by atoms with Crippen LogP contribution in [0.3, 0.4) is 0 Å². The third-order valence-corrected chi connectivity index (χ3v) is 1.59. The molecule has 0 rings (SSSR count). The molecule has 0 aromatic heterocycles. The van der Waals surface area contributed by atoms with Crippen molar-refractivity contribution in [3.05, 3.63) is 12.7 Å². The van der Waals surface area contributed by atoms with Crippen molar-refractivity contribution in [2.75, 3.05) is 33.2 Å². The second kappa shape index (κ2) is 6.52. The highest BCUT2D eigenvalue weighted by atomic mass is 19.3. The summed E-state index contributed by atoms with van der Waals surface area (Å²) in [5.41, 5.74) is 0. The normalized spacial score (nSPS) is 11.4. The van der Waals surface area contributed by atoms with Gasteiger partial charge in [-0.25, -0.2) is 8.78 Å². The van der Waals surface area contributed by atoms with E-state index in [2.05, 4.69) is 17.8 Å². The van der Waals surface area contributed by atoms with Crippen LogP contribution in [0.4, 0.5) is 8.78 Å². The van der Waals surface area contributed by atoms with E-state index in [-0.39, 0.29) is 19.6 Å². The molecule has 0 fully saturated rings. The van der Waals surface area contributed by atoms with Crippen molar-refractivity contribution in [2.24, 2.45) is 0 Å². The maximum absolute atomic E-state index is 13.1. The molecular formula is C10H16F2N2. The predicted octanol–water partition coefficient (Wildman–Crippen LogP) is 0.962. The molecule has 0 radical (unpaired) electrons. The third-order valence-electron chi connectivity index (χ3n) is 1.59. The van der Waals surface area contributed by atoms with E-state index in [9.17, 15) is 8.78 Å². The molecule has 0 aromatic carbocycles. The molecule has 2 nitrogen and oxygen atoms in total. The highest BCUT2D eigenvalue weighted by Crippen LogP contribution is 2.13. The van der Waals surface area contributed by atoms with Gasteiger partial charge in [-0.1, -0.05) is 12.0 Å². The van der Waals surface area contributed by atoms with Gasteiger partial charge in [0.2, 0.25) is 0 Å². The van der Waals surface area contributed by atoms with E-state index in [0.29, 0.717) is 6.54 Å². The molecule has 0 amide bonds. The number of alkyl halides is 2. The van der Waals surface area contributed by atoms with E-state index < -0.39 is 5.92 Å². The lowest BCUT2D eigenvalue weighted by molar-refractivity contribution is -0.0237. The van der Waals surface area contributed by atoms with Gasteiger partial charge in [0.1, 0.15) is 0 Å². The summed E-state index contributed by atoms with van der Waals surface area (Å²) in [6, 6.07) is 0. The van der Waals surface area contributed by atoms with E-state index in [1.54, 1.807) is 6.08 Å². The van der Waals surface area contributed by atoms with Crippen LogP contribution in [0.15, 0.2) is 12.7 Å². The Morgan fingerprint density at radius 2 is 2.29 bits per heavy atom. The molecule has 80 valence electrons. The summed E-state index contributed by atoms with van der Waals surface area (Å²) in [5.74, 6) is -0.414. The van der Waals surface area contributed by atoms with Gasteiger partial charge in [-0.3, -0.25) is 4.90 Å². The minimum Gasteiger partial charge on any atom is -0.314 e. The third kappa shape index (κ3) is 5.68. The van der Waals surface area contributed by atoms with E-state index in [1.165, 1.54) is 11.9 Å². The summed E-state index contributed by atoms with van der Waals surface area (Å²) in [6.07, 6.45) is 6.63. The van der Waals surface area contributed by atoms with Crippen LogP contribution in [0, 0.1) is 12.3 Å². The number of nitrogens with zero attached hydrogens (tertiary/aromatic N) is 1. The average Bonchev–Trinajstić information content (AvgIpc) is 2.03. The molecule has 1 N–H and O–H groups in total. The molecular weight excluding hydrogens is 186 g/mol. The first-order chi connectivity index (χ1) is 6.55. The molecule has 14 heavy (non-hydrogen) atoms. The fourth-order valence-corrected chi connectivity index (χ4v) is 1.14. The second-order valence-electron chi connectivity index (χ2n) is 3.05. The lowest BCUT2D eigenvalue weighted by Crippen LogP contribution is -2.43. The largest absolute Gasteiger partial charge is 0.314 e. The highest BCUT2D eigenvalue weighted by Gasteiger charge is 2.29. The van der Waals surface area contributed by atoms with Gasteiger partial charge in [-0.15, -0.1) is 13.0 Å². The molecule has 0 atom stereocenters. The summed E-state index contributed by atoms with van der Waals surface area (Å²) in [6.45, 7) is 3.39. The Kier molecular flexibility index (Phi) is 6.09. The van der Waals surface area contributed by atoms with Crippen molar-refractivity contribution < 1.29 is 8.78 Å². The first-order valence-corrected chi connectivity index (χ1v) is 4.35. The van der Waals surface area contributed by atoms with Crippen LogP contribution >= 0.6 is 0 Å². The van der Waals surface area contributed by atoms with Gasteiger partial charge in [0.05, 0.1) is 19.6 Å². The zero-order valence-corrected chi connectivity index (χ0v) is 8.39. The molecule has 0 heterocycles. The maximum atomic E-state index is 13.1. The van der Waals surface area contributed by atoms with Gasteiger partial charge in [-0.2, -0.15) is 0 Å². The predicted molar refractivity (Wildman–Crippen MR) is 54.3 cm³/mol. The molecule has 0 bridgehead atoms. The van der Waals surface area contributed by atoms with Crippen molar-refractivity contribution in [3.8, 4) is 12.3 Å². The smallest absolute Gasteiger partial charge is 0.272 e. The van der Waals surface area contributed by atoms with E-state index in [4.69, 9.17) is 6.42 Å². The number of hydrogen-bond donors (Lipinski definition) is 1. The lowest BCUT2D eigenvalue weighted by Gasteiger charge is -2.24. The maximum Gasteiger partial charge on any atom is 0.272 e. The number of terminal acetylenes is 1. The molecule has 0 aliphatic heterocycles. The minimum absolute atomic E-state index is 0.214. The number of nitrogens with one attached hydrogen (secondary N) is 1. The van der Waals surface area contributed by atoms with Crippen LogP contribution in [-0.4, -0.2) is 44.0 Å². The zero-order chi connectivity index (χ0) is 11.0. The lowest BCUT2D eigenvalue weighted by atomic mass is 10.3. The highest BCUT2D eigenvalue weighted by molar-refractivity contribution is 4.91. The van der Waals surface area contributed by atoms with Crippen molar-refractivity contribution in [2.45, 2.75) is 5.92 Å². The zero-order valence-electron chi connectivity index (χ0n) is 8.39. The van der Waals surface area contributed by atoms with Crippen molar-refractivity contribution in [1.82, 2.24) is 10.2 Å². The molecule has 4 heteroatoms. The van der Waals surface area contributed by atoms with Crippen LogP contribution < -0.4 is 5.32 Å². The van der Waals surface area contributed by atoms with E-state index in [0.717, 1.165) is 0 Å². The Balaban J connectivity index is 4.13. The summed E-state index contributed by atoms with van der Waals surface area (Å²) in [4.78, 5) is 1.48. The first-order valence-electron chi connectivity index (χ1n) is 4.35. The SMILES string of the molecule is C#CCN(CC=C)CC(F)(F)CNC. The molecule has 0 saturated carbocycles. The van der Waals surface area contributed by atoms with Crippen LogP contribution in [0.1, 0.15) is 0 Å². The summed E-state index contributed by atoms with van der Waals surface area (Å²) >= 11 is 0. The summed E-state index contributed by atoms with van der Waals surface area (Å²) < 4.78 is 26.2. The Morgan fingerprint density at radius 3 is 2.71 bits per heavy atom. The fourth-order valence-electron chi connectivity index (χ4n) is 1.14. The van der Waals surface area contributed by atoms with E-state index >= 15 is 0 Å². The van der Waals surface area contributed by atoms with Crippen molar-refractivity contribution in [1.29, 1.82) is 0 Å². The van der Waals surface area contributed by atoms with E-state index in [1.807, 2.05) is 0 Å². The van der Waals surface area contributed by atoms with Gasteiger partial charge >= 0.3 is 0 Å². The minimum atomic E-state index is -2.76. The van der Waals surface area contributed by atoms with Gasteiger partial charge in [-0.05, 0) is 7.05 Å². The van der Waals surface area contributed by atoms with Crippen molar-refractivity contribution in [3.63, 3.8) is 0 Å². The van der Waals surface area contributed by atoms with Crippen LogP contribution in [0.25, 0.3) is 0 Å². The first kappa shape index (κ1) is 13.1. The summed E-state index contributed by atoms with van der Waals surface area (Å²) in [7, 11) is 1.49. The molecule has 0 aliphatic carbocycles. The Bertz CT molecular complexity index is 209. The quantitative estimate of drug-likeness (QED) is 0.488. The monoisotopic (exact) mass is 202 g/mol. The van der Waals surface area contributed by atoms with Gasteiger partial charge < -0.3 is 5.32 Å².